The van der Waals surface area contributed by atoms with Crippen LogP contribution in [-0.4, -0.2) is 67.4 Å². The number of benzene rings is 2. The highest BCUT2D eigenvalue weighted by atomic mass is 16.5. The van der Waals surface area contributed by atoms with Crippen molar-refractivity contribution in [3.63, 3.8) is 0 Å². The summed E-state index contributed by atoms with van der Waals surface area (Å²) < 4.78 is 16.6. The van der Waals surface area contributed by atoms with Gasteiger partial charge >= 0.3 is 0 Å². The normalized spacial score (nSPS) is 18.3. The number of hydrogen-bond donors (Lipinski definition) is 1. The van der Waals surface area contributed by atoms with Crippen LogP contribution in [0.2, 0.25) is 0 Å². The zero-order chi connectivity index (χ0) is 23.5. The minimum Gasteiger partial charge on any atom is -0.478 e. The van der Waals surface area contributed by atoms with E-state index in [4.69, 9.17) is 14.0 Å². The van der Waals surface area contributed by atoms with E-state index in [2.05, 4.69) is 50.5 Å². The number of nitrogens with zero attached hydrogens (tertiary/aromatic N) is 4. The van der Waals surface area contributed by atoms with Crippen molar-refractivity contribution in [2.75, 3.05) is 50.6 Å². The molecule has 3 aromatic rings. The van der Waals surface area contributed by atoms with E-state index in [9.17, 15) is 4.79 Å². The van der Waals surface area contributed by atoms with Gasteiger partial charge in [-0.15, -0.1) is 0 Å². The average Bonchev–Trinajstić information content (AvgIpc) is 3.33. The van der Waals surface area contributed by atoms with Gasteiger partial charge in [0.1, 0.15) is 12.4 Å². The Morgan fingerprint density at radius 3 is 2.71 bits per heavy atom. The average molecular weight is 464 g/mol. The third-order valence-corrected chi connectivity index (χ3v) is 6.29. The molecule has 5 rings (SSSR count). The maximum atomic E-state index is 13.0. The number of ether oxygens (including phenoxy) is 2. The second kappa shape index (κ2) is 9.82. The fraction of sp³-hybridized carbons (Fsp3) is 0.400. The number of fused-ring (bicyclic) bond motifs is 1. The van der Waals surface area contributed by atoms with Crippen LogP contribution in [0.1, 0.15) is 17.8 Å². The Bertz CT molecular complexity index is 1140. The molecule has 1 N–H and O–H groups in total. The van der Waals surface area contributed by atoms with Crippen molar-refractivity contribution in [1.29, 1.82) is 0 Å². The molecular formula is C25H29N5O4. The molecule has 2 aromatic carbocycles. The first-order chi connectivity index (χ1) is 16.6. The Morgan fingerprint density at radius 2 is 1.94 bits per heavy atom. The highest BCUT2D eigenvalue weighted by Gasteiger charge is 2.29. The number of nitrogens with one attached hydrogen (secondary N) is 1. The minimum absolute atomic E-state index is 0.147. The first-order valence-corrected chi connectivity index (χ1v) is 11.6. The molecule has 1 unspecified atom stereocenters. The Hall–Kier alpha value is -3.43. The molecule has 2 aliphatic heterocycles. The van der Waals surface area contributed by atoms with Gasteiger partial charge in [-0.1, -0.05) is 17.3 Å². The van der Waals surface area contributed by atoms with Gasteiger partial charge in [-0.2, -0.15) is 4.98 Å². The first-order valence-electron chi connectivity index (χ1n) is 11.6. The predicted molar refractivity (Wildman–Crippen MR) is 128 cm³/mol. The van der Waals surface area contributed by atoms with Crippen LogP contribution in [0.4, 0.5) is 11.4 Å². The Morgan fingerprint density at radius 1 is 1.15 bits per heavy atom. The standard InChI is InChI=1S/C25H29N5O4/c1-29-12-14-30(15-13-29)20-5-3-4-17-8-11-21(33-23(17)20)24(31)26-19-9-6-18(7-10-19)25-27-22(16-32-2)28-34-25/h3-7,9-10,21H,8,11-16H2,1-2H3,(H,26,31). The fourth-order valence-electron chi connectivity index (χ4n) is 4.35. The number of hydrogen-bond acceptors (Lipinski definition) is 8. The van der Waals surface area contributed by atoms with E-state index >= 15 is 0 Å². The fourth-order valence-corrected chi connectivity index (χ4v) is 4.35. The largest absolute Gasteiger partial charge is 0.478 e. The van der Waals surface area contributed by atoms with Crippen LogP contribution >= 0.6 is 0 Å². The number of anilines is 2. The number of aromatic nitrogens is 2. The molecule has 0 radical (unpaired) electrons. The highest BCUT2D eigenvalue weighted by molar-refractivity contribution is 5.95. The number of carbonyl (C=O) groups excluding carboxylic acids is 1. The Labute approximate surface area is 198 Å². The third-order valence-electron chi connectivity index (χ3n) is 6.29. The highest BCUT2D eigenvalue weighted by Crippen LogP contribution is 2.38. The molecule has 0 saturated carbocycles. The summed E-state index contributed by atoms with van der Waals surface area (Å²) in [4.78, 5) is 22.0. The number of piperazine rings is 1. The topological polar surface area (TPSA) is 93.0 Å². The second-order valence-electron chi connectivity index (χ2n) is 8.72. The molecule has 0 spiro atoms. The number of aryl methyl sites for hydroxylation is 1. The Kier molecular flexibility index (Phi) is 6.46. The molecule has 1 fully saturated rings. The SMILES string of the molecule is COCc1noc(-c2ccc(NC(=O)C3CCc4cccc(N5CCN(C)CC5)c4O3)cc2)n1. The summed E-state index contributed by atoms with van der Waals surface area (Å²) in [6.07, 6.45) is 0.927. The molecule has 0 aliphatic carbocycles. The smallest absolute Gasteiger partial charge is 0.265 e. The molecule has 1 atom stereocenters. The van der Waals surface area contributed by atoms with Crippen molar-refractivity contribution in [3.8, 4) is 17.2 Å². The predicted octanol–water partition coefficient (Wildman–Crippen LogP) is 2.97. The van der Waals surface area contributed by atoms with Crippen molar-refractivity contribution in [2.45, 2.75) is 25.6 Å². The molecule has 1 saturated heterocycles. The van der Waals surface area contributed by atoms with Gasteiger partial charge in [0, 0.05) is 44.5 Å². The van der Waals surface area contributed by atoms with E-state index in [0.29, 0.717) is 30.4 Å². The molecule has 178 valence electrons. The summed E-state index contributed by atoms with van der Waals surface area (Å²) in [6.45, 7) is 4.22. The lowest BCUT2D eigenvalue weighted by atomic mass is 10.00. The quantitative estimate of drug-likeness (QED) is 0.597. The van der Waals surface area contributed by atoms with E-state index in [-0.39, 0.29) is 5.91 Å². The van der Waals surface area contributed by atoms with Crippen LogP contribution in [0.5, 0.6) is 5.75 Å². The van der Waals surface area contributed by atoms with E-state index in [1.54, 1.807) is 7.11 Å². The number of rotatable bonds is 6. The molecular weight excluding hydrogens is 434 g/mol. The van der Waals surface area contributed by atoms with Gasteiger partial charge in [-0.3, -0.25) is 4.79 Å². The van der Waals surface area contributed by atoms with E-state index in [0.717, 1.165) is 55.2 Å². The molecule has 1 aromatic heterocycles. The minimum atomic E-state index is -0.534. The summed E-state index contributed by atoms with van der Waals surface area (Å²) in [5, 5.41) is 6.85. The maximum Gasteiger partial charge on any atom is 0.265 e. The number of methoxy groups -OCH3 is 1. The Balaban J connectivity index is 1.25. The van der Waals surface area contributed by atoms with E-state index in [1.807, 2.05) is 24.3 Å². The van der Waals surface area contributed by atoms with Crippen molar-refractivity contribution < 1.29 is 18.8 Å². The molecule has 34 heavy (non-hydrogen) atoms. The van der Waals surface area contributed by atoms with Crippen molar-refractivity contribution in [1.82, 2.24) is 15.0 Å². The lowest BCUT2D eigenvalue weighted by molar-refractivity contribution is -0.123. The lowest BCUT2D eigenvalue weighted by Gasteiger charge is -2.36. The summed E-state index contributed by atoms with van der Waals surface area (Å²) in [5.74, 6) is 1.60. The van der Waals surface area contributed by atoms with Crippen molar-refractivity contribution >= 4 is 17.3 Å². The molecule has 9 nitrogen and oxygen atoms in total. The van der Waals surface area contributed by atoms with Gasteiger partial charge in [0.15, 0.2) is 11.9 Å². The molecule has 1 amide bonds. The summed E-state index contributed by atoms with van der Waals surface area (Å²) in [6, 6.07) is 13.6. The molecule has 3 heterocycles. The number of amides is 1. The molecule has 0 bridgehead atoms. The monoisotopic (exact) mass is 463 g/mol. The summed E-state index contributed by atoms with van der Waals surface area (Å²) >= 11 is 0. The number of para-hydroxylation sites is 1. The maximum absolute atomic E-state index is 13.0. The van der Waals surface area contributed by atoms with Gasteiger partial charge in [-0.25, -0.2) is 0 Å². The van der Waals surface area contributed by atoms with Crippen LogP contribution in [0, 0.1) is 0 Å². The zero-order valence-corrected chi connectivity index (χ0v) is 19.5. The lowest BCUT2D eigenvalue weighted by Crippen LogP contribution is -2.45. The van der Waals surface area contributed by atoms with Crippen molar-refractivity contribution in [2.24, 2.45) is 0 Å². The molecule has 2 aliphatic rings. The van der Waals surface area contributed by atoms with Gasteiger partial charge in [-0.05, 0) is 55.8 Å². The number of carbonyl (C=O) groups is 1. The van der Waals surface area contributed by atoms with Crippen LogP contribution < -0.4 is 15.0 Å². The van der Waals surface area contributed by atoms with Gasteiger partial charge in [0.25, 0.3) is 11.8 Å². The summed E-state index contributed by atoms with van der Waals surface area (Å²) in [7, 11) is 3.72. The zero-order valence-electron chi connectivity index (χ0n) is 19.5. The van der Waals surface area contributed by atoms with E-state index in [1.165, 1.54) is 0 Å². The van der Waals surface area contributed by atoms with Crippen molar-refractivity contribution in [3.05, 3.63) is 53.9 Å². The summed E-state index contributed by atoms with van der Waals surface area (Å²) in [5.41, 5.74) is 3.71. The second-order valence-corrected chi connectivity index (χ2v) is 8.72. The van der Waals surface area contributed by atoms with Crippen LogP contribution in [0.25, 0.3) is 11.5 Å². The number of likely N-dealkylation sites (N-methyl/N-ethyl adjacent to an activating group) is 1. The van der Waals surface area contributed by atoms with Gasteiger partial charge < -0.3 is 29.1 Å². The van der Waals surface area contributed by atoms with Crippen LogP contribution in [0.15, 0.2) is 47.0 Å². The first kappa shape index (κ1) is 22.4. The van der Waals surface area contributed by atoms with Crippen LogP contribution in [0.3, 0.4) is 0 Å². The molecule has 9 heteroatoms. The third kappa shape index (κ3) is 4.76. The van der Waals surface area contributed by atoms with Gasteiger partial charge in [0.2, 0.25) is 0 Å². The van der Waals surface area contributed by atoms with Gasteiger partial charge in [0.05, 0.1) is 5.69 Å². The van der Waals surface area contributed by atoms with E-state index < -0.39 is 6.10 Å². The van der Waals surface area contributed by atoms with Crippen LogP contribution in [-0.2, 0) is 22.6 Å².